The highest BCUT2D eigenvalue weighted by Crippen LogP contribution is 2.35. The molecular weight excluding hydrogens is 232 g/mol. The summed E-state index contributed by atoms with van der Waals surface area (Å²) in [6.45, 7) is 10.5. The van der Waals surface area contributed by atoms with Gasteiger partial charge in [-0.2, -0.15) is 0 Å². The summed E-state index contributed by atoms with van der Waals surface area (Å²) in [4.78, 5) is 0. The second-order valence-corrected chi connectivity index (χ2v) is 5.85. The maximum absolute atomic E-state index is 14.1. The Kier molecular flexibility index (Phi) is 4.85. The lowest BCUT2D eigenvalue weighted by molar-refractivity contribution is 0.264. The lowest BCUT2D eigenvalue weighted by Gasteiger charge is -2.32. The van der Waals surface area contributed by atoms with Crippen molar-refractivity contribution in [1.82, 2.24) is 5.32 Å². The number of benzene rings is 1. The number of hydrogen-bond donors (Lipinski definition) is 1. The van der Waals surface area contributed by atoms with Gasteiger partial charge in [-0.15, -0.1) is 0 Å². The van der Waals surface area contributed by atoms with E-state index in [0.29, 0.717) is 11.1 Å². The molecule has 1 unspecified atom stereocenters. The summed E-state index contributed by atoms with van der Waals surface area (Å²) in [6.07, 6.45) is 0.961. The number of rotatable bonds is 4. The molecule has 1 rings (SSSR count). The van der Waals surface area contributed by atoms with E-state index in [1.54, 1.807) is 19.1 Å². The van der Waals surface area contributed by atoms with Crippen LogP contribution in [-0.4, -0.2) is 6.54 Å². The largest absolute Gasteiger partial charge is 0.309 e. The molecule has 0 fully saturated rings. The fraction of sp³-hybridized carbons (Fsp3) is 0.600. The quantitative estimate of drug-likeness (QED) is 0.843. The van der Waals surface area contributed by atoms with Crippen LogP contribution in [0.1, 0.15) is 51.3 Å². The monoisotopic (exact) mass is 255 g/mol. The van der Waals surface area contributed by atoms with Gasteiger partial charge in [0.2, 0.25) is 0 Å². The minimum Gasteiger partial charge on any atom is -0.309 e. The van der Waals surface area contributed by atoms with E-state index in [1.807, 2.05) is 20.8 Å². The minimum absolute atomic E-state index is 0.169. The van der Waals surface area contributed by atoms with Gasteiger partial charge < -0.3 is 5.32 Å². The summed E-state index contributed by atoms with van der Waals surface area (Å²) in [6, 6.07) is 3.14. The van der Waals surface area contributed by atoms with Crippen molar-refractivity contribution in [2.75, 3.05) is 6.54 Å². The van der Waals surface area contributed by atoms with Crippen molar-refractivity contribution in [2.45, 2.75) is 47.1 Å². The summed E-state index contributed by atoms with van der Waals surface area (Å²) in [5.41, 5.74) is 0.594. The minimum atomic E-state index is -0.736. The van der Waals surface area contributed by atoms with E-state index >= 15 is 0 Å². The van der Waals surface area contributed by atoms with Crippen LogP contribution in [0.3, 0.4) is 0 Å². The van der Waals surface area contributed by atoms with Crippen molar-refractivity contribution < 1.29 is 8.78 Å². The zero-order chi connectivity index (χ0) is 13.9. The van der Waals surface area contributed by atoms with Crippen LogP contribution in [0.15, 0.2) is 12.1 Å². The van der Waals surface area contributed by atoms with Crippen LogP contribution in [0.5, 0.6) is 0 Å². The maximum Gasteiger partial charge on any atom is 0.163 e. The van der Waals surface area contributed by atoms with Crippen LogP contribution < -0.4 is 5.32 Å². The van der Waals surface area contributed by atoms with Crippen LogP contribution in [0.25, 0.3) is 0 Å². The first-order valence-electron chi connectivity index (χ1n) is 6.47. The predicted molar refractivity (Wildman–Crippen MR) is 71.6 cm³/mol. The van der Waals surface area contributed by atoms with E-state index in [1.165, 1.54) is 0 Å². The van der Waals surface area contributed by atoms with Gasteiger partial charge in [0.15, 0.2) is 11.6 Å². The fourth-order valence-electron chi connectivity index (χ4n) is 2.06. The summed E-state index contributed by atoms with van der Waals surface area (Å²) >= 11 is 0. The molecule has 102 valence electrons. The van der Waals surface area contributed by atoms with Crippen molar-refractivity contribution in [3.05, 3.63) is 34.9 Å². The number of hydrogen-bond acceptors (Lipinski definition) is 1. The lowest BCUT2D eigenvalue weighted by Crippen LogP contribution is -2.33. The Hall–Kier alpha value is -0.960. The van der Waals surface area contributed by atoms with E-state index in [-0.39, 0.29) is 11.5 Å². The molecule has 0 amide bonds. The highest BCUT2D eigenvalue weighted by atomic mass is 19.2. The first kappa shape index (κ1) is 15.1. The van der Waals surface area contributed by atoms with Gasteiger partial charge in [-0.3, -0.25) is 0 Å². The first-order chi connectivity index (χ1) is 8.29. The van der Waals surface area contributed by atoms with E-state index < -0.39 is 11.6 Å². The van der Waals surface area contributed by atoms with Crippen molar-refractivity contribution in [2.24, 2.45) is 5.41 Å². The van der Waals surface area contributed by atoms with Gasteiger partial charge in [0, 0.05) is 11.6 Å². The van der Waals surface area contributed by atoms with Crippen LogP contribution in [-0.2, 0) is 0 Å². The molecule has 0 aliphatic carbocycles. The molecule has 0 bridgehead atoms. The van der Waals surface area contributed by atoms with Gasteiger partial charge in [-0.1, -0.05) is 39.8 Å². The highest BCUT2D eigenvalue weighted by Gasteiger charge is 2.29. The molecule has 1 aromatic carbocycles. The Bertz CT molecular complexity index is 408. The lowest BCUT2D eigenvalue weighted by atomic mass is 9.81. The molecule has 0 saturated heterocycles. The smallest absolute Gasteiger partial charge is 0.163 e. The summed E-state index contributed by atoms with van der Waals surface area (Å²) < 4.78 is 27.7. The molecule has 18 heavy (non-hydrogen) atoms. The fourth-order valence-corrected chi connectivity index (χ4v) is 2.06. The molecule has 0 aromatic heterocycles. The molecular formula is C15H23F2N. The summed E-state index contributed by atoms with van der Waals surface area (Å²) in [5.74, 6) is -1.46. The molecule has 0 heterocycles. The average Bonchev–Trinajstić information content (AvgIpc) is 2.27. The van der Waals surface area contributed by atoms with Crippen molar-refractivity contribution in [1.29, 1.82) is 0 Å². The van der Waals surface area contributed by atoms with Crippen LogP contribution in [0.2, 0.25) is 0 Å². The summed E-state index contributed by atoms with van der Waals surface area (Å²) in [7, 11) is 0. The van der Waals surface area contributed by atoms with E-state index in [0.717, 1.165) is 13.0 Å². The van der Waals surface area contributed by atoms with Gasteiger partial charge >= 0.3 is 0 Å². The Balaban J connectivity index is 3.17. The predicted octanol–water partition coefficient (Wildman–Crippen LogP) is 4.36. The Morgan fingerprint density at radius 3 is 2.28 bits per heavy atom. The number of aryl methyl sites for hydroxylation is 1. The number of halogens is 2. The molecule has 0 radical (unpaired) electrons. The molecule has 1 aromatic rings. The normalized spacial score (nSPS) is 13.7. The third kappa shape index (κ3) is 3.29. The maximum atomic E-state index is 14.1. The molecule has 1 nitrogen and oxygen atoms in total. The SMILES string of the molecule is CCCNC(c1ccc(C)c(F)c1F)C(C)(C)C. The third-order valence-corrected chi connectivity index (χ3v) is 3.08. The zero-order valence-electron chi connectivity index (χ0n) is 11.9. The Labute approximate surface area is 109 Å². The topological polar surface area (TPSA) is 12.0 Å². The van der Waals surface area contributed by atoms with E-state index in [2.05, 4.69) is 12.2 Å². The molecule has 0 aliphatic rings. The standard InChI is InChI=1S/C15H23F2N/c1-6-9-18-14(15(3,4)5)11-8-7-10(2)12(16)13(11)17/h7-8,14,18H,6,9H2,1-5H3. The number of nitrogens with one attached hydrogen (secondary N) is 1. The van der Waals surface area contributed by atoms with Crippen molar-refractivity contribution in [3.8, 4) is 0 Å². The second-order valence-electron chi connectivity index (χ2n) is 5.85. The van der Waals surface area contributed by atoms with Gasteiger partial charge in [0.05, 0.1) is 0 Å². The zero-order valence-corrected chi connectivity index (χ0v) is 11.9. The van der Waals surface area contributed by atoms with Crippen LogP contribution in [0, 0.1) is 24.0 Å². The van der Waals surface area contributed by atoms with E-state index in [9.17, 15) is 8.78 Å². The third-order valence-electron chi connectivity index (χ3n) is 3.08. The van der Waals surface area contributed by atoms with Gasteiger partial charge in [0.1, 0.15) is 0 Å². The molecule has 0 aliphatic heterocycles. The molecule has 0 spiro atoms. The first-order valence-corrected chi connectivity index (χ1v) is 6.47. The Morgan fingerprint density at radius 1 is 1.17 bits per heavy atom. The average molecular weight is 255 g/mol. The van der Waals surface area contributed by atoms with Crippen molar-refractivity contribution in [3.63, 3.8) is 0 Å². The Morgan fingerprint density at radius 2 is 1.78 bits per heavy atom. The van der Waals surface area contributed by atoms with Gasteiger partial charge in [-0.25, -0.2) is 8.78 Å². The van der Waals surface area contributed by atoms with Crippen LogP contribution >= 0.6 is 0 Å². The van der Waals surface area contributed by atoms with Gasteiger partial charge in [-0.05, 0) is 30.9 Å². The van der Waals surface area contributed by atoms with Gasteiger partial charge in [0.25, 0.3) is 0 Å². The highest BCUT2D eigenvalue weighted by molar-refractivity contribution is 5.29. The van der Waals surface area contributed by atoms with Crippen molar-refractivity contribution >= 4 is 0 Å². The summed E-state index contributed by atoms with van der Waals surface area (Å²) in [5, 5.41) is 3.31. The molecule has 3 heteroatoms. The van der Waals surface area contributed by atoms with Crippen LogP contribution in [0.4, 0.5) is 8.78 Å². The molecule has 1 atom stereocenters. The molecule has 0 saturated carbocycles. The molecule has 1 N–H and O–H groups in total. The van der Waals surface area contributed by atoms with E-state index in [4.69, 9.17) is 0 Å². The second kappa shape index (κ2) is 5.79.